The zero-order valence-electron chi connectivity index (χ0n) is 13.8. The molecule has 0 aliphatic rings. The summed E-state index contributed by atoms with van der Waals surface area (Å²) in [4.78, 5) is 12.2. The van der Waals surface area contributed by atoms with Crippen LogP contribution in [0.4, 0.5) is 4.39 Å². The number of carbonyl (C=O) groups excluding carboxylic acids is 1. The van der Waals surface area contributed by atoms with E-state index in [9.17, 15) is 9.18 Å². The molecule has 0 bridgehead atoms. The van der Waals surface area contributed by atoms with Gasteiger partial charge >= 0.3 is 0 Å². The third kappa shape index (κ3) is 4.03. The van der Waals surface area contributed by atoms with Crippen molar-refractivity contribution in [3.05, 3.63) is 77.9 Å². The highest BCUT2D eigenvalue weighted by Gasteiger charge is 2.13. The van der Waals surface area contributed by atoms with E-state index in [4.69, 9.17) is 4.74 Å². The van der Waals surface area contributed by atoms with Crippen molar-refractivity contribution in [2.75, 3.05) is 13.7 Å². The van der Waals surface area contributed by atoms with E-state index in [2.05, 4.69) is 10.4 Å². The molecule has 0 spiro atoms. The number of methoxy groups -OCH3 is 1. The Morgan fingerprint density at radius 2 is 2.04 bits per heavy atom. The lowest BCUT2D eigenvalue weighted by atomic mass is 10.1. The Bertz CT molecular complexity index is 862. The predicted molar refractivity (Wildman–Crippen MR) is 92.6 cm³/mol. The van der Waals surface area contributed by atoms with Gasteiger partial charge in [-0.15, -0.1) is 0 Å². The molecule has 1 N–H and O–H groups in total. The van der Waals surface area contributed by atoms with Crippen LogP contribution in [0.3, 0.4) is 0 Å². The van der Waals surface area contributed by atoms with Crippen molar-refractivity contribution < 1.29 is 13.9 Å². The van der Waals surface area contributed by atoms with Gasteiger partial charge in [-0.05, 0) is 42.3 Å². The summed E-state index contributed by atoms with van der Waals surface area (Å²) in [6.07, 6.45) is 4.31. The average molecular weight is 339 g/mol. The molecule has 0 saturated carbocycles. The second kappa shape index (κ2) is 7.61. The van der Waals surface area contributed by atoms with Gasteiger partial charge in [0.15, 0.2) is 0 Å². The lowest BCUT2D eigenvalue weighted by Gasteiger charge is -2.09. The molecule has 0 atom stereocenters. The molecule has 0 fully saturated rings. The second-order valence-electron chi connectivity index (χ2n) is 5.48. The van der Waals surface area contributed by atoms with Crippen molar-refractivity contribution in [3.8, 4) is 11.4 Å². The van der Waals surface area contributed by atoms with E-state index < -0.39 is 5.82 Å². The topological polar surface area (TPSA) is 56.1 Å². The maximum absolute atomic E-state index is 13.3. The molecule has 128 valence electrons. The first-order chi connectivity index (χ1) is 12.2. The van der Waals surface area contributed by atoms with Crippen LogP contribution >= 0.6 is 0 Å². The van der Waals surface area contributed by atoms with Gasteiger partial charge in [0, 0.05) is 12.7 Å². The first-order valence-electron chi connectivity index (χ1n) is 7.88. The van der Waals surface area contributed by atoms with Gasteiger partial charge in [0.2, 0.25) is 0 Å². The number of aromatic nitrogens is 2. The number of nitrogens with one attached hydrogen (secondary N) is 1. The minimum Gasteiger partial charge on any atom is -0.496 e. The van der Waals surface area contributed by atoms with Gasteiger partial charge in [-0.25, -0.2) is 9.07 Å². The number of rotatable bonds is 6. The molecule has 0 aliphatic carbocycles. The Morgan fingerprint density at radius 3 is 2.80 bits per heavy atom. The number of ether oxygens (including phenoxy) is 1. The summed E-state index contributed by atoms with van der Waals surface area (Å²) in [7, 11) is 1.45. The number of halogens is 1. The van der Waals surface area contributed by atoms with E-state index in [0.29, 0.717) is 18.7 Å². The lowest BCUT2D eigenvalue weighted by molar-refractivity contribution is 0.0950. The Kier molecular flexibility index (Phi) is 5.09. The first kappa shape index (κ1) is 16.7. The smallest absolute Gasteiger partial charge is 0.255 e. The fourth-order valence-electron chi connectivity index (χ4n) is 2.48. The van der Waals surface area contributed by atoms with E-state index in [1.54, 1.807) is 10.9 Å². The Hall–Kier alpha value is -3.15. The van der Waals surface area contributed by atoms with Crippen LogP contribution in [0.2, 0.25) is 0 Å². The van der Waals surface area contributed by atoms with Crippen molar-refractivity contribution in [1.82, 2.24) is 15.1 Å². The highest BCUT2D eigenvalue weighted by atomic mass is 19.1. The second-order valence-corrected chi connectivity index (χ2v) is 5.48. The average Bonchev–Trinajstić information content (AvgIpc) is 3.11. The van der Waals surface area contributed by atoms with Gasteiger partial charge in [-0.2, -0.15) is 5.10 Å². The van der Waals surface area contributed by atoms with Crippen LogP contribution in [-0.2, 0) is 6.42 Å². The van der Waals surface area contributed by atoms with Gasteiger partial charge in [0.1, 0.15) is 11.6 Å². The SMILES string of the molecule is COc1ccc(F)cc1C(=O)NCCc1cnn(-c2ccccc2)c1. The van der Waals surface area contributed by atoms with Crippen LogP contribution in [0, 0.1) is 5.82 Å². The third-order valence-corrected chi connectivity index (χ3v) is 3.76. The monoisotopic (exact) mass is 339 g/mol. The highest BCUT2D eigenvalue weighted by Crippen LogP contribution is 2.19. The maximum Gasteiger partial charge on any atom is 0.255 e. The largest absolute Gasteiger partial charge is 0.496 e. The fourth-order valence-corrected chi connectivity index (χ4v) is 2.48. The van der Waals surface area contributed by atoms with E-state index in [-0.39, 0.29) is 11.5 Å². The fraction of sp³-hybridized carbons (Fsp3) is 0.158. The predicted octanol–water partition coefficient (Wildman–Crippen LogP) is 2.99. The van der Waals surface area contributed by atoms with Crippen molar-refractivity contribution >= 4 is 5.91 Å². The Labute approximate surface area is 145 Å². The lowest BCUT2D eigenvalue weighted by Crippen LogP contribution is -2.26. The molecule has 0 aliphatic heterocycles. The molecule has 6 heteroatoms. The number of carbonyl (C=O) groups is 1. The molecular formula is C19H18FN3O2. The first-order valence-corrected chi connectivity index (χ1v) is 7.88. The van der Waals surface area contributed by atoms with Gasteiger partial charge in [0.25, 0.3) is 5.91 Å². The van der Waals surface area contributed by atoms with E-state index >= 15 is 0 Å². The molecule has 3 aromatic rings. The van der Waals surface area contributed by atoms with Crippen molar-refractivity contribution in [2.24, 2.45) is 0 Å². The maximum atomic E-state index is 13.3. The third-order valence-electron chi connectivity index (χ3n) is 3.76. The molecule has 0 unspecified atom stereocenters. The van der Waals surface area contributed by atoms with Crippen molar-refractivity contribution in [3.63, 3.8) is 0 Å². The van der Waals surface area contributed by atoms with Gasteiger partial charge < -0.3 is 10.1 Å². The molecule has 1 heterocycles. The van der Waals surface area contributed by atoms with Crippen LogP contribution in [-0.4, -0.2) is 29.3 Å². The summed E-state index contributed by atoms with van der Waals surface area (Å²) in [5, 5.41) is 7.09. The molecule has 25 heavy (non-hydrogen) atoms. The summed E-state index contributed by atoms with van der Waals surface area (Å²) in [5.74, 6) is -0.502. The minimum absolute atomic E-state index is 0.183. The van der Waals surface area contributed by atoms with Crippen LogP contribution in [0.15, 0.2) is 60.9 Å². The molecule has 3 rings (SSSR count). The quantitative estimate of drug-likeness (QED) is 0.751. The summed E-state index contributed by atoms with van der Waals surface area (Å²) in [5.41, 5.74) is 2.15. The molecule has 0 saturated heterocycles. The molecule has 2 aromatic carbocycles. The van der Waals surface area contributed by atoms with Crippen molar-refractivity contribution in [1.29, 1.82) is 0 Å². The van der Waals surface area contributed by atoms with Crippen LogP contribution in [0.5, 0.6) is 5.75 Å². The van der Waals surface area contributed by atoms with Crippen LogP contribution in [0.1, 0.15) is 15.9 Å². The molecular weight excluding hydrogens is 321 g/mol. The summed E-state index contributed by atoms with van der Waals surface area (Å²) < 4.78 is 20.2. The minimum atomic E-state index is -0.477. The van der Waals surface area contributed by atoms with Crippen molar-refractivity contribution in [2.45, 2.75) is 6.42 Å². The molecule has 1 amide bonds. The van der Waals surface area contributed by atoms with Crippen LogP contribution < -0.4 is 10.1 Å². The number of hydrogen-bond donors (Lipinski definition) is 1. The zero-order chi connectivity index (χ0) is 17.6. The molecule has 1 aromatic heterocycles. The van der Waals surface area contributed by atoms with E-state index in [1.807, 2.05) is 36.5 Å². The van der Waals surface area contributed by atoms with Gasteiger partial charge in [-0.3, -0.25) is 4.79 Å². The Balaban J connectivity index is 1.59. The highest BCUT2D eigenvalue weighted by molar-refractivity contribution is 5.96. The zero-order valence-corrected chi connectivity index (χ0v) is 13.8. The molecule has 5 nitrogen and oxygen atoms in total. The van der Waals surface area contributed by atoms with Crippen LogP contribution in [0.25, 0.3) is 5.69 Å². The van der Waals surface area contributed by atoms with Gasteiger partial charge in [0.05, 0.1) is 24.6 Å². The number of amides is 1. The summed E-state index contributed by atoms with van der Waals surface area (Å²) in [6, 6.07) is 13.6. The summed E-state index contributed by atoms with van der Waals surface area (Å²) >= 11 is 0. The number of hydrogen-bond acceptors (Lipinski definition) is 3. The van der Waals surface area contributed by atoms with E-state index in [0.717, 1.165) is 11.3 Å². The van der Waals surface area contributed by atoms with Gasteiger partial charge in [-0.1, -0.05) is 18.2 Å². The number of nitrogens with zero attached hydrogens (tertiary/aromatic N) is 2. The number of benzene rings is 2. The normalized spacial score (nSPS) is 10.5. The standard InChI is InChI=1S/C19H18FN3O2/c1-25-18-8-7-15(20)11-17(18)19(24)21-10-9-14-12-22-23(13-14)16-5-3-2-4-6-16/h2-8,11-13H,9-10H2,1H3,(H,21,24). The molecule has 0 radical (unpaired) electrons. The number of para-hydroxylation sites is 1. The summed E-state index contributed by atoms with van der Waals surface area (Å²) in [6.45, 7) is 0.416. The Morgan fingerprint density at radius 1 is 1.24 bits per heavy atom. The van der Waals surface area contributed by atoms with E-state index in [1.165, 1.54) is 25.3 Å².